The molecule has 0 radical (unpaired) electrons. The minimum absolute atomic E-state index is 0.0328. The molecule has 1 saturated heterocycles. The fourth-order valence-corrected chi connectivity index (χ4v) is 5.24. The van der Waals surface area contributed by atoms with Gasteiger partial charge in [0.2, 0.25) is 5.91 Å². The number of halogens is 1. The molecule has 0 saturated carbocycles. The highest BCUT2D eigenvalue weighted by atomic mass is 32.1. The molecule has 2 heterocycles. The van der Waals surface area contributed by atoms with Crippen molar-refractivity contribution in [2.45, 2.75) is 19.8 Å². The van der Waals surface area contributed by atoms with Crippen LogP contribution in [0.3, 0.4) is 0 Å². The summed E-state index contributed by atoms with van der Waals surface area (Å²) in [4.78, 5) is 44.2. The standard InChI is InChI=1S/C34H35FN4O7S/c1-22-6-3-4-7-24(22)28(40)21-33(41)37-34(42)39(47)23-8-9-30(26(35)18-23)46-29-10-11-36-27-20-32(31(43-2)19-25(27)29)45-15-5-12-38-13-16-44-17-14-38/h3-4,6-11,18-20,47H,5,12-17,21H2,1-2H3,(H,37,41,42). The Morgan fingerprint density at radius 3 is 2.55 bits per heavy atom. The molecule has 1 N–H and O–H groups in total. The Bertz CT molecular complexity index is 1770. The number of ether oxygens (including phenoxy) is 4. The smallest absolute Gasteiger partial charge is 0.338 e. The number of methoxy groups -OCH3 is 1. The Hall–Kier alpha value is -4.72. The van der Waals surface area contributed by atoms with Crippen LogP contribution >= 0.6 is 12.8 Å². The predicted molar refractivity (Wildman–Crippen MR) is 177 cm³/mol. The van der Waals surface area contributed by atoms with Crippen molar-refractivity contribution in [3.05, 3.63) is 83.8 Å². The Kier molecular flexibility index (Phi) is 11.2. The number of urea groups is 1. The molecule has 1 aromatic heterocycles. The van der Waals surface area contributed by atoms with Crippen molar-refractivity contribution < 1.29 is 37.7 Å². The molecular weight excluding hydrogens is 627 g/mol. The number of Topliss-reactive ketones (excluding diaryl/α,β-unsaturated/α-hetero) is 1. The first-order valence-electron chi connectivity index (χ1n) is 15.0. The van der Waals surface area contributed by atoms with Gasteiger partial charge in [-0.1, -0.05) is 37.1 Å². The third-order valence-electron chi connectivity index (χ3n) is 7.55. The third-order valence-corrected chi connectivity index (χ3v) is 7.96. The average molecular weight is 663 g/mol. The number of hydrogen-bond acceptors (Lipinski definition) is 10. The first kappa shape index (κ1) is 33.6. The summed E-state index contributed by atoms with van der Waals surface area (Å²) >= 11 is 4.12. The molecule has 246 valence electrons. The van der Waals surface area contributed by atoms with Crippen LogP contribution in [0.5, 0.6) is 23.0 Å². The Morgan fingerprint density at radius 2 is 1.81 bits per heavy atom. The fourth-order valence-electron chi connectivity index (χ4n) is 5.07. The summed E-state index contributed by atoms with van der Waals surface area (Å²) in [6, 6.07) is 14.7. The molecule has 0 bridgehead atoms. The summed E-state index contributed by atoms with van der Waals surface area (Å²) < 4.78 is 38.9. The molecule has 13 heteroatoms. The number of morpholine rings is 1. The maximum atomic E-state index is 15.2. The van der Waals surface area contributed by atoms with Crippen LogP contribution in [0.2, 0.25) is 0 Å². The largest absolute Gasteiger partial charge is 0.493 e. The molecule has 5 rings (SSSR count). The van der Waals surface area contributed by atoms with Crippen molar-refractivity contribution in [1.82, 2.24) is 15.2 Å². The van der Waals surface area contributed by atoms with Crippen LogP contribution in [0.25, 0.3) is 10.9 Å². The fraction of sp³-hybridized carbons (Fsp3) is 0.294. The minimum atomic E-state index is -0.949. The van der Waals surface area contributed by atoms with E-state index in [0.29, 0.717) is 45.9 Å². The Labute approximate surface area is 277 Å². The van der Waals surface area contributed by atoms with Gasteiger partial charge in [-0.15, -0.1) is 0 Å². The van der Waals surface area contributed by atoms with Crippen LogP contribution in [0, 0.1) is 12.7 Å². The van der Waals surface area contributed by atoms with Crippen LogP contribution in [-0.2, 0) is 9.53 Å². The summed E-state index contributed by atoms with van der Waals surface area (Å²) in [5.74, 6) is -0.821. The molecule has 1 aliphatic rings. The van der Waals surface area contributed by atoms with Crippen LogP contribution in [0.4, 0.5) is 14.9 Å². The van der Waals surface area contributed by atoms with Gasteiger partial charge in [0.05, 0.1) is 44.6 Å². The molecule has 0 unspecified atom stereocenters. The van der Waals surface area contributed by atoms with Crippen LogP contribution in [-0.4, -0.2) is 74.2 Å². The van der Waals surface area contributed by atoms with Crippen molar-refractivity contribution in [3.8, 4) is 23.0 Å². The molecule has 0 aliphatic carbocycles. The lowest BCUT2D eigenvalue weighted by molar-refractivity contribution is -0.119. The van der Waals surface area contributed by atoms with E-state index >= 15 is 4.39 Å². The summed E-state index contributed by atoms with van der Waals surface area (Å²) in [6.07, 6.45) is 1.84. The van der Waals surface area contributed by atoms with E-state index in [0.717, 1.165) is 49.6 Å². The molecule has 0 spiro atoms. The van der Waals surface area contributed by atoms with Crippen molar-refractivity contribution in [1.29, 1.82) is 0 Å². The van der Waals surface area contributed by atoms with Gasteiger partial charge < -0.3 is 18.9 Å². The quantitative estimate of drug-likeness (QED) is 0.0847. The van der Waals surface area contributed by atoms with E-state index in [1.807, 2.05) is 0 Å². The number of rotatable bonds is 12. The summed E-state index contributed by atoms with van der Waals surface area (Å²) in [7, 11) is 1.53. The number of imide groups is 1. The van der Waals surface area contributed by atoms with Gasteiger partial charge >= 0.3 is 6.03 Å². The second kappa shape index (κ2) is 15.7. The summed E-state index contributed by atoms with van der Waals surface area (Å²) in [5.41, 5.74) is 1.70. The normalized spacial score (nSPS) is 13.2. The van der Waals surface area contributed by atoms with E-state index in [1.165, 1.54) is 19.2 Å². The zero-order chi connectivity index (χ0) is 33.3. The van der Waals surface area contributed by atoms with E-state index in [-0.39, 0.29) is 11.4 Å². The lowest BCUT2D eigenvalue weighted by Gasteiger charge is -2.26. The molecule has 1 fully saturated rings. The molecule has 1 aliphatic heterocycles. The third kappa shape index (κ3) is 8.56. The number of carbonyl (C=O) groups is 3. The second-order valence-corrected chi connectivity index (χ2v) is 11.2. The number of amides is 3. The van der Waals surface area contributed by atoms with Crippen molar-refractivity contribution in [3.63, 3.8) is 0 Å². The van der Waals surface area contributed by atoms with Crippen molar-refractivity contribution >= 4 is 47.1 Å². The van der Waals surface area contributed by atoms with Gasteiger partial charge in [-0.2, -0.15) is 0 Å². The number of carbonyl (C=O) groups excluding carboxylic acids is 3. The van der Waals surface area contributed by atoms with Crippen LogP contribution < -0.4 is 23.8 Å². The molecule has 4 aromatic rings. The van der Waals surface area contributed by atoms with E-state index in [1.54, 1.807) is 55.6 Å². The number of nitrogens with zero attached hydrogens (tertiary/aromatic N) is 3. The van der Waals surface area contributed by atoms with E-state index < -0.39 is 30.0 Å². The number of thiol groups is 1. The van der Waals surface area contributed by atoms with Gasteiger partial charge in [0.15, 0.2) is 28.8 Å². The number of aromatic nitrogens is 1. The highest BCUT2D eigenvalue weighted by Gasteiger charge is 2.21. The highest BCUT2D eigenvalue weighted by Crippen LogP contribution is 2.38. The zero-order valence-electron chi connectivity index (χ0n) is 26.0. The van der Waals surface area contributed by atoms with Crippen LogP contribution in [0.1, 0.15) is 28.8 Å². The van der Waals surface area contributed by atoms with Gasteiger partial charge in [-0.3, -0.25) is 24.8 Å². The van der Waals surface area contributed by atoms with Crippen molar-refractivity contribution in [2.75, 3.05) is 50.9 Å². The maximum absolute atomic E-state index is 15.2. The number of ketones is 1. The first-order valence-corrected chi connectivity index (χ1v) is 15.4. The lowest BCUT2D eigenvalue weighted by Crippen LogP contribution is -2.39. The Morgan fingerprint density at radius 1 is 1.02 bits per heavy atom. The molecule has 47 heavy (non-hydrogen) atoms. The van der Waals surface area contributed by atoms with Crippen molar-refractivity contribution in [2.24, 2.45) is 0 Å². The van der Waals surface area contributed by atoms with E-state index in [4.69, 9.17) is 18.9 Å². The number of anilines is 1. The van der Waals surface area contributed by atoms with Gasteiger partial charge in [0.25, 0.3) is 0 Å². The number of benzene rings is 3. The summed E-state index contributed by atoms with van der Waals surface area (Å²) in [5, 5.41) is 2.67. The lowest BCUT2D eigenvalue weighted by atomic mass is 10.0. The SMILES string of the molecule is COc1cc2c(Oc3ccc(N(S)C(=O)NC(=O)CC(=O)c4ccccc4C)cc3F)ccnc2cc1OCCCN1CCOCC1. The predicted octanol–water partition coefficient (Wildman–Crippen LogP) is 5.74. The monoisotopic (exact) mass is 662 g/mol. The number of nitrogens with one attached hydrogen (secondary N) is 1. The number of aryl methyl sites for hydroxylation is 1. The van der Waals surface area contributed by atoms with E-state index in [9.17, 15) is 14.4 Å². The molecular formula is C34H35FN4O7S. The average Bonchev–Trinajstić information content (AvgIpc) is 3.07. The summed E-state index contributed by atoms with van der Waals surface area (Å²) in [6.45, 7) is 6.47. The van der Waals surface area contributed by atoms with Gasteiger partial charge in [0.1, 0.15) is 5.75 Å². The Balaban J connectivity index is 1.22. The van der Waals surface area contributed by atoms with Gasteiger partial charge in [0, 0.05) is 48.9 Å². The highest BCUT2D eigenvalue weighted by molar-refractivity contribution is 7.82. The van der Waals surface area contributed by atoms with Gasteiger partial charge in [-0.05, 0) is 43.2 Å². The number of fused-ring (bicyclic) bond motifs is 1. The molecule has 3 amide bonds. The molecule has 11 nitrogen and oxygen atoms in total. The first-order chi connectivity index (χ1) is 22.7. The zero-order valence-corrected chi connectivity index (χ0v) is 26.9. The molecule has 3 aromatic carbocycles. The van der Waals surface area contributed by atoms with Crippen LogP contribution in [0.15, 0.2) is 66.9 Å². The number of hydrogen-bond donors (Lipinski definition) is 2. The maximum Gasteiger partial charge on any atom is 0.338 e. The minimum Gasteiger partial charge on any atom is -0.493 e. The number of pyridine rings is 1. The van der Waals surface area contributed by atoms with Gasteiger partial charge in [-0.25, -0.2) is 13.5 Å². The van der Waals surface area contributed by atoms with E-state index in [2.05, 4.69) is 28.0 Å². The second-order valence-electron chi connectivity index (χ2n) is 10.8. The topological polar surface area (TPSA) is 120 Å². The molecule has 0 atom stereocenters.